The van der Waals surface area contributed by atoms with Gasteiger partial charge in [0.2, 0.25) is 5.91 Å². The molecular formula is C12H20F4N2O. The van der Waals surface area contributed by atoms with E-state index < -0.39 is 37.0 Å². The zero-order valence-electron chi connectivity index (χ0n) is 11.5. The summed E-state index contributed by atoms with van der Waals surface area (Å²) in [7, 11) is 0. The maximum Gasteiger partial charge on any atom is 0.324 e. The molecule has 3 nitrogen and oxygen atoms in total. The van der Waals surface area contributed by atoms with E-state index in [1.165, 1.54) is 0 Å². The van der Waals surface area contributed by atoms with Gasteiger partial charge in [-0.05, 0) is 11.8 Å². The summed E-state index contributed by atoms with van der Waals surface area (Å²) < 4.78 is 50.9. The number of nitrogens with zero attached hydrogens (tertiary/aromatic N) is 1. The van der Waals surface area contributed by atoms with Gasteiger partial charge >= 0.3 is 12.3 Å². The van der Waals surface area contributed by atoms with Gasteiger partial charge < -0.3 is 4.90 Å². The Morgan fingerprint density at radius 1 is 1.21 bits per heavy atom. The molecule has 2 unspecified atom stereocenters. The Morgan fingerprint density at radius 3 is 2.11 bits per heavy atom. The lowest BCUT2D eigenvalue weighted by Gasteiger charge is -2.30. The Bertz CT molecular complexity index is 334. The van der Waals surface area contributed by atoms with E-state index in [1.807, 2.05) is 0 Å². The molecule has 2 atom stereocenters. The topological polar surface area (TPSA) is 32.3 Å². The van der Waals surface area contributed by atoms with Crippen molar-refractivity contribution in [2.75, 3.05) is 6.54 Å². The predicted molar refractivity (Wildman–Crippen MR) is 63.1 cm³/mol. The molecule has 112 valence electrons. The van der Waals surface area contributed by atoms with Gasteiger partial charge in [0.1, 0.15) is 0 Å². The molecule has 1 aliphatic heterocycles. The van der Waals surface area contributed by atoms with Gasteiger partial charge in [0.25, 0.3) is 0 Å². The van der Waals surface area contributed by atoms with Crippen LogP contribution in [-0.4, -0.2) is 41.9 Å². The molecule has 0 radical (unpaired) electrons. The van der Waals surface area contributed by atoms with Crippen molar-refractivity contribution in [2.24, 2.45) is 11.8 Å². The summed E-state index contributed by atoms with van der Waals surface area (Å²) in [5.41, 5.74) is 0. The Balaban J connectivity index is 2.92. The van der Waals surface area contributed by atoms with E-state index in [0.717, 1.165) is 4.90 Å². The summed E-state index contributed by atoms with van der Waals surface area (Å²) in [5.74, 6) is -4.94. The average Bonchev–Trinajstić information content (AvgIpc) is 2.56. The molecule has 0 saturated carbocycles. The van der Waals surface area contributed by atoms with Crippen LogP contribution in [-0.2, 0) is 4.79 Å². The highest BCUT2D eigenvalue weighted by atomic mass is 19.3. The van der Waals surface area contributed by atoms with Crippen LogP contribution in [0.3, 0.4) is 0 Å². The number of nitrogens with one attached hydrogen (secondary N) is 1. The van der Waals surface area contributed by atoms with Gasteiger partial charge in [-0.25, -0.2) is 8.78 Å². The molecule has 0 aromatic heterocycles. The summed E-state index contributed by atoms with van der Waals surface area (Å²) in [4.78, 5) is 12.9. The molecule has 1 rings (SSSR count). The molecule has 1 N–H and O–H groups in total. The van der Waals surface area contributed by atoms with E-state index >= 15 is 0 Å². The molecule has 1 amide bonds. The molecule has 1 heterocycles. The fraction of sp³-hybridized carbons (Fsp3) is 0.917. The van der Waals surface area contributed by atoms with Crippen molar-refractivity contribution in [1.82, 2.24) is 10.2 Å². The average molecular weight is 284 g/mol. The van der Waals surface area contributed by atoms with Crippen LogP contribution >= 0.6 is 0 Å². The van der Waals surface area contributed by atoms with E-state index in [2.05, 4.69) is 5.32 Å². The lowest BCUT2D eigenvalue weighted by atomic mass is 10.0. The smallest absolute Gasteiger partial charge is 0.319 e. The third-order valence-electron chi connectivity index (χ3n) is 3.23. The third kappa shape index (κ3) is 3.38. The van der Waals surface area contributed by atoms with Crippen LogP contribution in [0.2, 0.25) is 0 Å². The van der Waals surface area contributed by atoms with E-state index in [-0.39, 0.29) is 11.8 Å². The molecule has 0 aliphatic carbocycles. The van der Waals surface area contributed by atoms with Gasteiger partial charge in [0.15, 0.2) is 0 Å². The van der Waals surface area contributed by atoms with Crippen LogP contribution < -0.4 is 5.32 Å². The highest BCUT2D eigenvalue weighted by Crippen LogP contribution is 2.29. The number of rotatable bonds is 5. The Morgan fingerprint density at radius 2 is 1.74 bits per heavy atom. The van der Waals surface area contributed by atoms with Crippen LogP contribution in [0, 0.1) is 11.8 Å². The van der Waals surface area contributed by atoms with Crippen molar-refractivity contribution < 1.29 is 22.4 Å². The van der Waals surface area contributed by atoms with Crippen molar-refractivity contribution in [3.63, 3.8) is 0 Å². The second-order valence-corrected chi connectivity index (χ2v) is 5.61. The summed E-state index contributed by atoms with van der Waals surface area (Å²) in [5, 5.41) is 2.95. The monoisotopic (exact) mass is 284 g/mol. The molecule has 19 heavy (non-hydrogen) atoms. The summed E-state index contributed by atoms with van der Waals surface area (Å²) in [6.45, 7) is 5.81. The highest BCUT2D eigenvalue weighted by Gasteiger charge is 2.49. The van der Waals surface area contributed by atoms with Crippen LogP contribution in [0.4, 0.5) is 17.6 Å². The number of hydrogen-bond donors (Lipinski definition) is 1. The predicted octanol–water partition coefficient (Wildman–Crippen LogP) is 2.33. The fourth-order valence-corrected chi connectivity index (χ4v) is 2.16. The van der Waals surface area contributed by atoms with Crippen molar-refractivity contribution in [1.29, 1.82) is 0 Å². The summed E-state index contributed by atoms with van der Waals surface area (Å²) in [6.07, 6.45) is -4.41. The number of hydrogen-bond acceptors (Lipinski definition) is 2. The van der Waals surface area contributed by atoms with Crippen molar-refractivity contribution in [3.05, 3.63) is 0 Å². The first-order valence-electron chi connectivity index (χ1n) is 6.30. The minimum atomic E-state index is -4.18. The zero-order chi connectivity index (χ0) is 15.0. The Kier molecular flexibility index (Phi) is 4.81. The van der Waals surface area contributed by atoms with Gasteiger partial charge in [-0.2, -0.15) is 8.78 Å². The van der Waals surface area contributed by atoms with Crippen molar-refractivity contribution in [3.8, 4) is 0 Å². The fourth-order valence-electron chi connectivity index (χ4n) is 2.16. The molecule has 7 heteroatoms. The van der Waals surface area contributed by atoms with Gasteiger partial charge in [-0.3, -0.25) is 10.1 Å². The lowest BCUT2D eigenvalue weighted by Crippen LogP contribution is -2.49. The minimum absolute atomic E-state index is 0.0843. The molecular weight excluding hydrogens is 264 g/mol. The highest BCUT2D eigenvalue weighted by molar-refractivity contribution is 5.84. The maximum absolute atomic E-state index is 13.2. The van der Waals surface area contributed by atoms with Gasteiger partial charge in [0.05, 0.1) is 18.8 Å². The SMILES string of the molecule is CC(C)C1NC(C(C)C)N(CC(F)(F)C(F)F)C1=O. The van der Waals surface area contributed by atoms with Gasteiger partial charge in [0, 0.05) is 0 Å². The van der Waals surface area contributed by atoms with Crippen molar-refractivity contribution in [2.45, 2.75) is 52.3 Å². The molecule has 0 spiro atoms. The van der Waals surface area contributed by atoms with Gasteiger partial charge in [-0.15, -0.1) is 0 Å². The molecule has 0 bridgehead atoms. The number of halogens is 4. The van der Waals surface area contributed by atoms with Crippen LogP contribution in [0.1, 0.15) is 27.7 Å². The quantitative estimate of drug-likeness (QED) is 0.786. The molecule has 1 aliphatic rings. The Hall–Kier alpha value is -0.850. The van der Waals surface area contributed by atoms with Crippen molar-refractivity contribution >= 4 is 5.91 Å². The lowest BCUT2D eigenvalue weighted by molar-refractivity contribution is -0.158. The molecule has 0 aromatic rings. The molecule has 1 fully saturated rings. The second-order valence-electron chi connectivity index (χ2n) is 5.61. The number of carbonyl (C=O) groups excluding carboxylic acids is 1. The Labute approximate surface area is 110 Å². The molecule has 0 aromatic carbocycles. The van der Waals surface area contributed by atoms with E-state index in [0.29, 0.717) is 0 Å². The number of amides is 1. The maximum atomic E-state index is 13.2. The van der Waals surface area contributed by atoms with Crippen LogP contribution in [0.5, 0.6) is 0 Å². The van der Waals surface area contributed by atoms with Crippen LogP contribution in [0.25, 0.3) is 0 Å². The third-order valence-corrected chi connectivity index (χ3v) is 3.23. The first-order valence-corrected chi connectivity index (χ1v) is 6.30. The first-order chi connectivity index (χ1) is 8.58. The van der Waals surface area contributed by atoms with Gasteiger partial charge in [-0.1, -0.05) is 27.7 Å². The minimum Gasteiger partial charge on any atom is -0.319 e. The number of carbonyl (C=O) groups is 1. The first kappa shape index (κ1) is 16.2. The zero-order valence-corrected chi connectivity index (χ0v) is 11.5. The summed E-state index contributed by atoms with van der Waals surface area (Å²) >= 11 is 0. The summed E-state index contributed by atoms with van der Waals surface area (Å²) in [6, 6.07) is -0.596. The standard InChI is InChI=1S/C12H20F4N2O/c1-6(2)8-10(19)18(9(17-8)7(3)4)5-12(15,16)11(13)14/h6-9,11,17H,5H2,1-4H3. The molecule has 1 saturated heterocycles. The van der Waals surface area contributed by atoms with Crippen LogP contribution in [0.15, 0.2) is 0 Å². The number of alkyl halides is 4. The van der Waals surface area contributed by atoms with E-state index in [1.54, 1.807) is 27.7 Å². The van der Waals surface area contributed by atoms with E-state index in [9.17, 15) is 22.4 Å². The second kappa shape index (κ2) is 5.64. The van der Waals surface area contributed by atoms with E-state index in [4.69, 9.17) is 0 Å². The largest absolute Gasteiger partial charge is 0.324 e. The normalized spacial score (nSPS) is 25.2.